The highest BCUT2D eigenvalue weighted by Crippen LogP contribution is 2.33. The molecule has 2 aromatic heterocycles. The molecule has 0 amide bonds. The fourth-order valence-electron chi connectivity index (χ4n) is 3.76. The first-order valence-corrected chi connectivity index (χ1v) is 9.85. The molecule has 1 aliphatic rings. The van der Waals surface area contributed by atoms with Crippen LogP contribution in [-0.2, 0) is 0 Å². The van der Waals surface area contributed by atoms with Crippen LogP contribution in [0.5, 0.6) is 11.5 Å². The Morgan fingerprint density at radius 3 is 2.52 bits per heavy atom. The van der Waals surface area contributed by atoms with Gasteiger partial charge in [-0.25, -0.2) is 14.6 Å². The van der Waals surface area contributed by atoms with Crippen molar-refractivity contribution in [3.8, 4) is 22.8 Å². The maximum absolute atomic E-state index is 6.22. The molecule has 7 nitrogen and oxygen atoms in total. The summed E-state index contributed by atoms with van der Waals surface area (Å²) in [6, 6.07) is 17.6. The zero-order valence-electron chi connectivity index (χ0n) is 16.0. The lowest BCUT2D eigenvalue weighted by Crippen LogP contribution is -2.32. The molecule has 1 aliphatic heterocycles. The van der Waals surface area contributed by atoms with Crippen molar-refractivity contribution >= 4 is 16.9 Å². The number of rotatable bonds is 4. The lowest BCUT2D eigenvalue weighted by Gasteiger charge is -2.23. The lowest BCUT2D eigenvalue weighted by molar-refractivity contribution is 0.305. The van der Waals surface area contributed by atoms with E-state index in [0.717, 1.165) is 46.8 Å². The largest absolute Gasteiger partial charge is 0.457 e. The average Bonchev–Trinajstić information content (AvgIpc) is 3.17. The van der Waals surface area contributed by atoms with E-state index in [-0.39, 0.29) is 6.17 Å². The number of anilines is 1. The third kappa shape index (κ3) is 3.40. The van der Waals surface area contributed by atoms with E-state index in [2.05, 4.69) is 15.3 Å². The van der Waals surface area contributed by atoms with E-state index in [4.69, 9.17) is 15.6 Å². The van der Waals surface area contributed by atoms with Crippen LogP contribution < -0.4 is 15.8 Å². The first-order chi connectivity index (χ1) is 14.3. The summed E-state index contributed by atoms with van der Waals surface area (Å²) in [5.74, 6) is 2.01. The van der Waals surface area contributed by atoms with Gasteiger partial charge in [0.05, 0.1) is 5.39 Å². The van der Waals surface area contributed by atoms with Gasteiger partial charge < -0.3 is 10.5 Å². The minimum Gasteiger partial charge on any atom is -0.457 e. The zero-order chi connectivity index (χ0) is 19.6. The Hall–Kier alpha value is -3.45. The van der Waals surface area contributed by atoms with Crippen molar-refractivity contribution in [1.82, 2.24) is 25.1 Å². The van der Waals surface area contributed by atoms with Gasteiger partial charge in [0.2, 0.25) is 0 Å². The molecular formula is C22H22N6O. The van der Waals surface area contributed by atoms with Gasteiger partial charge in [-0.05, 0) is 62.2 Å². The van der Waals surface area contributed by atoms with E-state index in [1.165, 1.54) is 19.2 Å². The molecule has 7 heteroatoms. The Balaban J connectivity index is 1.52. The Kier molecular flexibility index (Phi) is 4.57. The summed E-state index contributed by atoms with van der Waals surface area (Å²) < 4.78 is 7.85. The van der Waals surface area contributed by atoms with Crippen LogP contribution in [0.25, 0.3) is 22.3 Å². The number of aromatic nitrogens is 4. The first-order valence-electron chi connectivity index (χ1n) is 9.85. The summed E-state index contributed by atoms with van der Waals surface area (Å²) in [6.07, 6.45) is 4.99. The van der Waals surface area contributed by atoms with Crippen molar-refractivity contribution in [1.29, 1.82) is 0 Å². The molecule has 1 atom stereocenters. The van der Waals surface area contributed by atoms with Gasteiger partial charge in [-0.3, -0.25) is 5.32 Å². The molecule has 0 aliphatic carbocycles. The smallest absolute Gasteiger partial charge is 0.165 e. The highest BCUT2D eigenvalue weighted by molar-refractivity contribution is 5.98. The van der Waals surface area contributed by atoms with Crippen molar-refractivity contribution in [2.75, 3.05) is 12.3 Å². The second-order valence-corrected chi connectivity index (χ2v) is 7.16. The van der Waals surface area contributed by atoms with Crippen LogP contribution in [-0.4, -0.2) is 26.3 Å². The Morgan fingerprint density at radius 2 is 1.76 bits per heavy atom. The predicted octanol–water partition coefficient (Wildman–Crippen LogP) is 4.14. The number of benzene rings is 2. The number of hydrogen-bond donors (Lipinski definition) is 2. The lowest BCUT2D eigenvalue weighted by atomic mass is 10.1. The minimum absolute atomic E-state index is 0.120. The van der Waals surface area contributed by atoms with Crippen molar-refractivity contribution in [3.63, 3.8) is 0 Å². The van der Waals surface area contributed by atoms with Gasteiger partial charge in [0, 0.05) is 5.56 Å². The van der Waals surface area contributed by atoms with Crippen LogP contribution in [0.4, 0.5) is 5.82 Å². The number of nitrogens with one attached hydrogen (secondary N) is 1. The Morgan fingerprint density at radius 1 is 0.966 bits per heavy atom. The fraction of sp³-hybridized carbons (Fsp3) is 0.227. The molecule has 0 saturated carbocycles. The second kappa shape index (κ2) is 7.52. The number of nitrogens with zero attached hydrogens (tertiary/aromatic N) is 4. The normalized spacial score (nSPS) is 16.8. The van der Waals surface area contributed by atoms with E-state index in [1.54, 1.807) is 0 Å². The van der Waals surface area contributed by atoms with Gasteiger partial charge in [0.15, 0.2) is 5.65 Å². The molecule has 0 unspecified atom stereocenters. The molecule has 146 valence electrons. The number of ether oxygens (including phenoxy) is 1. The number of piperidine rings is 1. The van der Waals surface area contributed by atoms with Gasteiger partial charge in [0.25, 0.3) is 0 Å². The number of nitrogen functional groups attached to an aromatic ring is 1. The van der Waals surface area contributed by atoms with Crippen molar-refractivity contribution in [3.05, 3.63) is 60.9 Å². The number of hydrogen-bond acceptors (Lipinski definition) is 6. The molecule has 5 rings (SSSR count). The van der Waals surface area contributed by atoms with E-state index in [1.807, 2.05) is 59.3 Å². The van der Waals surface area contributed by atoms with Gasteiger partial charge in [0.1, 0.15) is 35.5 Å². The average molecular weight is 386 g/mol. The topological polar surface area (TPSA) is 90.9 Å². The maximum Gasteiger partial charge on any atom is 0.165 e. The van der Waals surface area contributed by atoms with Crippen molar-refractivity contribution in [2.45, 2.75) is 25.4 Å². The van der Waals surface area contributed by atoms with Crippen LogP contribution in [0.2, 0.25) is 0 Å². The van der Waals surface area contributed by atoms with Crippen LogP contribution >= 0.6 is 0 Å². The fourth-order valence-corrected chi connectivity index (χ4v) is 3.76. The number of para-hydroxylation sites is 1. The molecular weight excluding hydrogens is 364 g/mol. The third-order valence-corrected chi connectivity index (χ3v) is 5.20. The summed E-state index contributed by atoms with van der Waals surface area (Å²) in [7, 11) is 0. The first kappa shape index (κ1) is 17.6. The SMILES string of the molecule is Nc1ncnc2c1c(-c1ccc(Oc3ccccc3)cc1)nn2[C@@H]1CCCCN1. The molecule has 3 N–H and O–H groups in total. The van der Waals surface area contributed by atoms with Crippen LogP contribution in [0.15, 0.2) is 60.9 Å². The molecule has 0 spiro atoms. The highest BCUT2D eigenvalue weighted by Gasteiger charge is 2.23. The van der Waals surface area contributed by atoms with E-state index < -0.39 is 0 Å². The molecule has 2 aromatic carbocycles. The summed E-state index contributed by atoms with van der Waals surface area (Å²) >= 11 is 0. The molecule has 0 radical (unpaired) electrons. The summed E-state index contributed by atoms with van der Waals surface area (Å²) in [5.41, 5.74) is 8.72. The summed E-state index contributed by atoms with van der Waals surface area (Å²) in [6.45, 7) is 0.980. The zero-order valence-corrected chi connectivity index (χ0v) is 16.0. The van der Waals surface area contributed by atoms with Gasteiger partial charge >= 0.3 is 0 Å². The molecule has 4 aromatic rings. The Bertz CT molecular complexity index is 1120. The maximum atomic E-state index is 6.22. The van der Waals surface area contributed by atoms with E-state index >= 15 is 0 Å². The van der Waals surface area contributed by atoms with Crippen LogP contribution in [0, 0.1) is 0 Å². The van der Waals surface area contributed by atoms with Crippen molar-refractivity contribution < 1.29 is 4.74 Å². The number of nitrogens with two attached hydrogens (primary N) is 1. The monoisotopic (exact) mass is 386 g/mol. The highest BCUT2D eigenvalue weighted by atomic mass is 16.5. The third-order valence-electron chi connectivity index (χ3n) is 5.20. The van der Waals surface area contributed by atoms with Crippen molar-refractivity contribution in [2.24, 2.45) is 0 Å². The molecule has 3 heterocycles. The predicted molar refractivity (Wildman–Crippen MR) is 113 cm³/mol. The van der Waals surface area contributed by atoms with Crippen LogP contribution in [0.1, 0.15) is 25.4 Å². The van der Waals surface area contributed by atoms with Gasteiger partial charge in [-0.15, -0.1) is 0 Å². The molecule has 29 heavy (non-hydrogen) atoms. The quantitative estimate of drug-likeness (QED) is 0.548. The second-order valence-electron chi connectivity index (χ2n) is 7.16. The minimum atomic E-state index is 0.120. The van der Waals surface area contributed by atoms with E-state index in [0.29, 0.717) is 5.82 Å². The summed E-state index contributed by atoms with van der Waals surface area (Å²) in [4.78, 5) is 8.67. The van der Waals surface area contributed by atoms with Gasteiger partial charge in [-0.2, -0.15) is 5.10 Å². The van der Waals surface area contributed by atoms with Gasteiger partial charge in [-0.1, -0.05) is 18.2 Å². The molecule has 1 fully saturated rings. The standard InChI is InChI=1S/C22H22N6O/c23-21-19-20(15-9-11-17(12-10-15)29-16-6-2-1-3-7-16)27-28(22(19)26-14-25-21)18-8-4-5-13-24-18/h1-3,6-7,9-12,14,18,24H,4-5,8,13H2,(H2,23,25,26)/t18-/m1/s1. The molecule has 1 saturated heterocycles. The van der Waals surface area contributed by atoms with Crippen LogP contribution in [0.3, 0.4) is 0 Å². The summed E-state index contributed by atoms with van der Waals surface area (Å²) in [5, 5.41) is 9.20. The molecule has 0 bridgehead atoms. The Labute approximate surface area is 168 Å². The van der Waals surface area contributed by atoms with E-state index in [9.17, 15) is 0 Å². The number of fused-ring (bicyclic) bond motifs is 1.